The molecule has 3 atom stereocenters. The summed E-state index contributed by atoms with van der Waals surface area (Å²) in [4.78, 5) is 4.68. The number of sulfonamides is 1. The first-order valence-electron chi connectivity index (χ1n) is 7.74. The number of benzene rings is 2. The van der Waals surface area contributed by atoms with Crippen molar-refractivity contribution in [3.8, 4) is 0 Å². The van der Waals surface area contributed by atoms with Crippen molar-refractivity contribution in [3.05, 3.63) is 96.3 Å². The van der Waals surface area contributed by atoms with Crippen LogP contribution in [-0.2, 0) is 10.0 Å². The van der Waals surface area contributed by atoms with E-state index >= 15 is 0 Å². The Morgan fingerprint density at radius 2 is 1.38 bits per heavy atom. The second kappa shape index (κ2) is 5.85. The summed E-state index contributed by atoms with van der Waals surface area (Å²) in [6.45, 7) is 0. The van der Waals surface area contributed by atoms with Crippen LogP contribution in [0.15, 0.2) is 90.0 Å². The lowest BCUT2D eigenvalue weighted by molar-refractivity contribution is 0.546. The molecule has 2 heterocycles. The lowest BCUT2D eigenvalue weighted by Crippen LogP contribution is -2.13. The smallest absolute Gasteiger partial charge is 0.244 e. The summed E-state index contributed by atoms with van der Waals surface area (Å²) in [5.41, 5.74) is 1.75. The number of hydrogen-bond acceptors (Lipinski definition) is 3. The highest BCUT2D eigenvalue weighted by Gasteiger charge is 2.57. The molecular formula is C19H16N2O2S. The van der Waals surface area contributed by atoms with Gasteiger partial charge in [-0.1, -0.05) is 54.6 Å². The Hall–Kier alpha value is -2.50. The molecule has 0 bridgehead atoms. The van der Waals surface area contributed by atoms with Gasteiger partial charge in [-0.3, -0.25) is 4.98 Å². The maximum absolute atomic E-state index is 13.1. The Balaban J connectivity index is 1.78. The lowest BCUT2D eigenvalue weighted by atomic mass is 10.1. The van der Waals surface area contributed by atoms with Crippen LogP contribution in [0.2, 0.25) is 0 Å². The summed E-state index contributed by atoms with van der Waals surface area (Å²) in [7, 11) is -3.57. The van der Waals surface area contributed by atoms with Gasteiger partial charge in [0.1, 0.15) is 0 Å². The zero-order valence-electron chi connectivity index (χ0n) is 12.9. The van der Waals surface area contributed by atoms with Gasteiger partial charge in [0.05, 0.1) is 22.7 Å². The molecule has 5 heteroatoms. The quantitative estimate of drug-likeness (QED) is 0.684. The summed E-state index contributed by atoms with van der Waals surface area (Å²) < 4.78 is 27.7. The maximum Gasteiger partial charge on any atom is 0.244 e. The van der Waals surface area contributed by atoms with E-state index in [0.29, 0.717) is 4.90 Å². The van der Waals surface area contributed by atoms with Gasteiger partial charge in [0.15, 0.2) is 0 Å². The van der Waals surface area contributed by atoms with E-state index in [-0.39, 0.29) is 12.1 Å². The fourth-order valence-corrected chi connectivity index (χ4v) is 4.80. The van der Waals surface area contributed by atoms with Crippen LogP contribution in [0, 0.1) is 0 Å². The van der Waals surface area contributed by atoms with Gasteiger partial charge in [-0.05, 0) is 29.8 Å². The van der Waals surface area contributed by atoms with Crippen LogP contribution in [-0.4, -0.2) is 17.7 Å². The standard InChI is InChI=1S/C19H16N2O2S/c22-24(23,16-11-5-2-6-12-16)21-18(15-9-3-1-4-10-15)19(21)17-13-7-8-14-20-17/h1-14,18-19H/t18-,19+,21?/m0/s1. The van der Waals surface area contributed by atoms with Gasteiger partial charge in [0.25, 0.3) is 0 Å². The molecule has 2 aromatic carbocycles. The van der Waals surface area contributed by atoms with Crippen molar-refractivity contribution >= 4 is 10.0 Å². The van der Waals surface area contributed by atoms with Crippen molar-refractivity contribution in [3.63, 3.8) is 0 Å². The zero-order chi connectivity index (χ0) is 16.6. The first kappa shape index (κ1) is 15.1. The van der Waals surface area contributed by atoms with E-state index in [4.69, 9.17) is 0 Å². The SMILES string of the molecule is O=S(=O)(c1ccccc1)N1[C@H](c2ccccn2)[C@@H]1c1ccccc1. The highest BCUT2D eigenvalue weighted by atomic mass is 32.2. The Morgan fingerprint density at radius 3 is 2.00 bits per heavy atom. The zero-order valence-corrected chi connectivity index (χ0v) is 13.7. The number of rotatable bonds is 4. The third-order valence-electron chi connectivity index (χ3n) is 4.21. The molecule has 24 heavy (non-hydrogen) atoms. The van der Waals surface area contributed by atoms with E-state index in [1.54, 1.807) is 34.8 Å². The monoisotopic (exact) mass is 336 g/mol. The molecule has 0 amide bonds. The van der Waals surface area contributed by atoms with Crippen molar-refractivity contribution in [1.82, 2.24) is 9.29 Å². The average molecular weight is 336 g/mol. The minimum Gasteiger partial charge on any atom is -0.260 e. The van der Waals surface area contributed by atoms with E-state index in [1.807, 2.05) is 54.6 Å². The van der Waals surface area contributed by atoms with Crippen molar-refractivity contribution in [2.24, 2.45) is 0 Å². The number of nitrogens with zero attached hydrogens (tertiary/aromatic N) is 2. The van der Waals surface area contributed by atoms with Crippen LogP contribution in [0.3, 0.4) is 0 Å². The second-order valence-electron chi connectivity index (χ2n) is 5.70. The topological polar surface area (TPSA) is 50.0 Å². The van der Waals surface area contributed by atoms with E-state index in [1.165, 1.54) is 0 Å². The molecule has 1 unspecified atom stereocenters. The van der Waals surface area contributed by atoms with Gasteiger partial charge in [0.2, 0.25) is 10.0 Å². The predicted octanol–water partition coefficient (Wildman–Crippen LogP) is 3.57. The Labute approximate surface area is 141 Å². The molecule has 1 saturated heterocycles. The molecule has 4 rings (SSSR count). The molecule has 1 fully saturated rings. The summed E-state index contributed by atoms with van der Waals surface area (Å²) in [5, 5.41) is 0. The van der Waals surface area contributed by atoms with Gasteiger partial charge in [-0.15, -0.1) is 0 Å². The predicted molar refractivity (Wildman–Crippen MR) is 91.6 cm³/mol. The van der Waals surface area contributed by atoms with E-state index in [9.17, 15) is 8.42 Å². The van der Waals surface area contributed by atoms with Gasteiger partial charge in [-0.2, -0.15) is 4.31 Å². The van der Waals surface area contributed by atoms with Gasteiger partial charge >= 0.3 is 0 Å². The molecule has 0 saturated carbocycles. The summed E-state index contributed by atoms with van der Waals surface area (Å²) in [6.07, 6.45) is 1.70. The molecule has 1 aliphatic heterocycles. The normalized spacial score (nSPS) is 22.9. The highest BCUT2D eigenvalue weighted by molar-refractivity contribution is 7.89. The summed E-state index contributed by atoms with van der Waals surface area (Å²) >= 11 is 0. The molecule has 1 aliphatic rings. The number of hydrogen-bond donors (Lipinski definition) is 0. The molecule has 0 spiro atoms. The maximum atomic E-state index is 13.1. The minimum absolute atomic E-state index is 0.216. The molecule has 0 N–H and O–H groups in total. The van der Waals surface area contributed by atoms with Crippen LogP contribution < -0.4 is 0 Å². The summed E-state index contributed by atoms with van der Waals surface area (Å²) in [6, 6.07) is 23.4. The van der Waals surface area contributed by atoms with E-state index in [2.05, 4.69) is 4.98 Å². The van der Waals surface area contributed by atoms with Gasteiger partial charge < -0.3 is 0 Å². The second-order valence-corrected chi connectivity index (χ2v) is 7.55. The summed E-state index contributed by atoms with van der Waals surface area (Å²) in [5.74, 6) is 0. The van der Waals surface area contributed by atoms with Crippen LogP contribution in [0.1, 0.15) is 23.3 Å². The molecular weight excluding hydrogens is 320 g/mol. The van der Waals surface area contributed by atoms with E-state index in [0.717, 1.165) is 11.3 Å². The van der Waals surface area contributed by atoms with Crippen LogP contribution in [0.25, 0.3) is 0 Å². The van der Waals surface area contributed by atoms with Gasteiger partial charge in [0, 0.05) is 6.20 Å². The van der Waals surface area contributed by atoms with Crippen molar-refractivity contribution in [2.75, 3.05) is 0 Å². The number of aromatic nitrogens is 1. The first-order chi connectivity index (χ1) is 11.7. The lowest BCUT2D eigenvalue weighted by Gasteiger charge is -2.06. The third-order valence-corrected chi connectivity index (χ3v) is 6.09. The van der Waals surface area contributed by atoms with Crippen LogP contribution in [0.4, 0.5) is 0 Å². The molecule has 3 aromatic rings. The van der Waals surface area contributed by atoms with Crippen molar-refractivity contribution in [2.45, 2.75) is 17.0 Å². The van der Waals surface area contributed by atoms with Crippen molar-refractivity contribution in [1.29, 1.82) is 0 Å². The Morgan fingerprint density at radius 1 is 0.750 bits per heavy atom. The Kier molecular flexibility index (Phi) is 3.67. The van der Waals surface area contributed by atoms with Crippen LogP contribution >= 0.6 is 0 Å². The van der Waals surface area contributed by atoms with E-state index < -0.39 is 10.0 Å². The fraction of sp³-hybridized carbons (Fsp3) is 0.105. The molecule has 120 valence electrons. The highest BCUT2D eigenvalue weighted by Crippen LogP contribution is 2.57. The molecule has 0 radical (unpaired) electrons. The minimum atomic E-state index is -3.57. The van der Waals surface area contributed by atoms with Crippen molar-refractivity contribution < 1.29 is 8.42 Å². The molecule has 0 aliphatic carbocycles. The average Bonchev–Trinajstić information content (AvgIpc) is 3.41. The van der Waals surface area contributed by atoms with Gasteiger partial charge in [-0.25, -0.2) is 8.42 Å². The molecule has 1 aromatic heterocycles. The number of pyridine rings is 1. The Bertz CT molecular complexity index is 883. The molecule has 4 nitrogen and oxygen atoms in total. The largest absolute Gasteiger partial charge is 0.260 e. The fourth-order valence-electron chi connectivity index (χ4n) is 3.05. The first-order valence-corrected chi connectivity index (χ1v) is 9.18. The third kappa shape index (κ3) is 2.52. The van der Waals surface area contributed by atoms with Crippen LogP contribution in [0.5, 0.6) is 0 Å².